The van der Waals surface area contributed by atoms with Gasteiger partial charge in [-0.05, 0) is 29.3 Å². The molecular weight excluding hydrogens is 387 g/mol. The van der Waals surface area contributed by atoms with Gasteiger partial charge in [-0.3, -0.25) is 9.59 Å². The van der Waals surface area contributed by atoms with Gasteiger partial charge in [-0.2, -0.15) is 0 Å². The first-order valence-electron chi connectivity index (χ1n) is 8.54. The second-order valence-electron chi connectivity index (χ2n) is 6.28. The Bertz CT molecular complexity index is 858. The first kappa shape index (κ1) is 21.4. The van der Waals surface area contributed by atoms with E-state index in [0.717, 1.165) is 0 Å². The smallest absolute Gasteiger partial charge is 0.326 e. The SMILES string of the molecule is CC(=O)N[C@H](Cc1ccc(F)cc1)C(=O)N[C@H](Cc1ccccc1Cl)C(=O)O. The van der Waals surface area contributed by atoms with E-state index in [1.54, 1.807) is 24.3 Å². The lowest BCUT2D eigenvalue weighted by Gasteiger charge is -2.21. The molecule has 8 heteroatoms. The van der Waals surface area contributed by atoms with E-state index in [0.29, 0.717) is 16.1 Å². The zero-order valence-electron chi connectivity index (χ0n) is 15.1. The number of carbonyl (C=O) groups is 3. The van der Waals surface area contributed by atoms with E-state index in [1.165, 1.54) is 31.2 Å². The number of carbonyl (C=O) groups excluding carboxylic acids is 2. The Kier molecular flexibility index (Phi) is 7.52. The second-order valence-corrected chi connectivity index (χ2v) is 6.69. The van der Waals surface area contributed by atoms with Gasteiger partial charge in [0.2, 0.25) is 11.8 Å². The number of benzene rings is 2. The summed E-state index contributed by atoms with van der Waals surface area (Å²) in [6.45, 7) is 1.25. The Morgan fingerprint density at radius 3 is 2.21 bits per heavy atom. The molecule has 0 aliphatic carbocycles. The van der Waals surface area contributed by atoms with Crippen LogP contribution in [0.2, 0.25) is 5.02 Å². The molecule has 0 aliphatic rings. The quantitative estimate of drug-likeness (QED) is 0.627. The van der Waals surface area contributed by atoms with Gasteiger partial charge in [-0.1, -0.05) is 41.9 Å². The molecule has 2 atom stereocenters. The summed E-state index contributed by atoms with van der Waals surface area (Å²) in [7, 11) is 0. The normalized spacial score (nSPS) is 12.7. The number of carboxylic acids is 1. The standard InChI is InChI=1S/C20H20ClFN2O4/c1-12(25)23-17(10-13-6-8-15(22)9-7-13)19(26)24-18(20(27)28)11-14-4-2-3-5-16(14)21/h2-9,17-18H,10-11H2,1H3,(H,23,25)(H,24,26)(H,27,28)/t17-,18-/m1/s1. The maximum absolute atomic E-state index is 13.1. The Labute approximate surface area is 166 Å². The number of nitrogens with one attached hydrogen (secondary N) is 2. The number of hydrogen-bond donors (Lipinski definition) is 3. The lowest BCUT2D eigenvalue weighted by Crippen LogP contribution is -2.52. The number of hydrogen-bond acceptors (Lipinski definition) is 3. The fraction of sp³-hybridized carbons (Fsp3) is 0.250. The summed E-state index contributed by atoms with van der Waals surface area (Å²) in [4.78, 5) is 35.7. The minimum Gasteiger partial charge on any atom is -0.480 e. The molecule has 0 bridgehead atoms. The third-order valence-corrected chi connectivity index (χ3v) is 4.41. The maximum atomic E-state index is 13.1. The fourth-order valence-electron chi connectivity index (χ4n) is 2.67. The maximum Gasteiger partial charge on any atom is 0.326 e. The minimum atomic E-state index is -1.23. The molecule has 3 N–H and O–H groups in total. The summed E-state index contributed by atoms with van der Waals surface area (Å²) >= 11 is 6.07. The molecule has 2 aromatic rings. The van der Waals surface area contributed by atoms with E-state index in [-0.39, 0.29) is 12.8 Å². The molecule has 0 heterocycles. The van der Waals surface area contributed by atoms with Gasteiger partial charge in [0.05, 0.1) is 0 Å². The third-order valence-electron chi connectivity index (χ3n) is 4.04. The molecule has 0 fully saturated rings. The van der Waals surface area contributed by atoms with Crippen LogP contribution in [0, 0.1) is 5.82 Å². The van der Waals surface area contributed by atoms with Gasteiger partial charge in [-0.15, -0.1) is 0 Å². The fourth-order valence-corrected chi connectivity index (χ4v) is 2.88. The van der Waals surface area contributed by atoms with Crippen LogP contribution in [0.5, 0.6) is 0 Å². The summed E-state index contributed by atoms with van der Waals surface area (Å²) in [6.07, 6.45) is 0.0776. The molecule has 28 heavy (non-hydrogen) atoms. The van der Waals surface area contributed by atoms with Crippen molar-refractivity contribution in [1.29, 1.82) is 0 Å². The van der Waals surface area contributed by atoms with Crippen LogP contribution in [0.1, 0.15) is 18.1 Å². The van der Waals surface area contributed by atoms with Crippen LogP contribution in [-0.4, -0.2) is 35.0 Å². The number of carboxylic acid groups (broad SMARTS) is 1. The molecule has 0 radical (unpaired) electrons. The van der Waals surface area contributed by atoms with Gasteiger partial charge in [0, 0.05) is 24.8 Å². The molecule has 2 rings (SSSR count). The van der Waals surface area contributed by atoms with Crippen molar-refractivity contribution in [1.82, 2.24) is 10.6 Å². The molecule has 0 aromatic heterocycles. The summed E-state index contributed by atoms with van der Waals surface area (Å²) in [6, 6.07) is 10.00. The Morgan fingerprint density at radius 2 is 1.64 bits per heavy atom. The van der Waals surface area contributed by atoms with Crippen LogP contribution in [0.25, 0.3) is 0 Å². The molecule has 0 spiro atoms. The van der Waals surface area contributed by atoms with Crippen molar-refractivity contribution in [2.75, 3.05) is 0 Å². The van der Waals surface area contributed by atoms with Crippen LogP contribution < -0.4 is 10.6 Å². The van der Waals surface area contributed by atoms with Crippen molar-refractivity contribution >= 4 is 29.4 Å². The molecule has 0 saturated heterocycles. The number of aliphatic carboxylic acids is 1. The Balaban J connectivity index is 2.14. The Morgan fingerprint density at radius 1 is 1.00 bits per heavy atom. The van der Waals surface area contributed by atoms with E-state index >= 15 is 0 Å². The largest absolute Gasteiger partial charge is 0.480 e. The summed E-state index contributed by atoms with van der Waals surface area (Å²) in [5.74, 6) is -2.74. The topological polar surface area (TPSA) is 95.5 Å². The van der Waals surface area contributed by atoms with Gasteiger partial charge in [0.25, 0.3) is 0 Å². The van der Waals surface area contributed by atoms with Crippen LogP contribution in [0.15, 0.2) is 48.5 Å². The monoisotopic (exact) mass is 406 g/mol. The van der Waals surface area contributed by atoms with Crippen molar-refractivity contribution in [3.8, 4) is 0 Å². The van der Waals surface area contributed by atoms with Crippen LogP contribution in [0.4, 0.5) is 4.39 Å². The first-order chi connectivity index (χ1) is 13.3. The van der Waals surface area contributed by atoms with Crippen molar-refractivity contribution in [3.63, 3.8) is 0 Å². The highest BCUT2D eigenvalue weighted by atomic mass is 35.5. The zero-order valence-corrected chi connectivity index (χ0v) is 15.9. The average Bonchev–Trinajstić information content (AvgIpc) is 2.63. The molecule has 0 aliphatic heterocycles. The van der Waals surface area contributed by atoms with E-state index in [9.17, 15) is 23.9 Å². The third kappa shape index (κ3) is 6.35. The van der Waals surface area contributed by atoms with Crippen LogP contribution in [0.3, 0.4) is 0 Å². The van der Waals surface area contributed by atoms with Crippen molar-refractivity contribution in [2.24, 2.45) is 0 Å². The van der Waals surface area contributed by atoms with Crippen LogP contribution in [-0.2, 0) is 27.2 Å². The highest BCUT2D eigenvalue weighted by molar-refractivity contribution is 6.31. The van der Waals surface area contributed by atoms with Gasteiger partial charge in [0.1, 0.15) is 17.9 Å². The lowest BCUT2D eigenvalue weighted by molar-refractivity contribution is -0.142. The Hall–Kier alpha value is -2.93. The molecule has 0 unspecified atom stereocenters. The predicted molar refractivity (Wildman–Crippen MR) is 102 cm³/mol. The van der Waals surface area contributed by atoms with Gasteiger partial charge >= 0.3 is 5.97 Å². The highest BCUT2D eigenvalue weighted by Crippen LogP contribution is 2.17. The summed E-state index contributed by atoms with van der Waals surface area (Å²) in [5.41, 5.74) is 1.19. The van der Waals surface area contributed by atoms with Gasteiger partial charge in [0.15, 0.2) is 0 Å². The molecule has 6 nitrogen and oxygen atoms in total. The number of halogens is 2. The molecule has 2 aromatic carbocycles. The van der Waals surface area contributed by atoms with Crippen molar-refractivity contribution in [2.45, 2.75) is 31.8 Å². The molecule has 0 saturated carbocycles. The summed E-state index contributed by atoms with van der Waals surface area (Å²) in [5, 5.41) is 14.8. The first-order valence-corrected chi connectivity index (χ1v) is 8.92. The highest BCUT2D eigenvalue weighted by Gasteiger charge is 2.27. The van der Waals surface area contributed by atoms with Crippen LogP contribution >= 0.6 is 11.6 Å². The second kappa shape index (κ2) is 9.85. The summed E-state index contributed by atoms with van der Waals surface area (Å²) < 4.78 is 13.1. The number of amides is 2. The zero-order chi connectivity index (χ0) is 20.7. The number of rotatable bonds is 8. The molecule has 2 amide bonds. The molecule has 148 valence electrons. The van der Waals surface area contributed by atoms with E-state index < -0.39 is 35.7 Å². The van der Waals surface area contributed by atoms with Gasteiger partial charge in [-0.25, -0.2) is 9.18 Å². The van der Waals surface area contributed by atoms with Crippen molar-refractivity contribution < 1.29 is 23.9 Å². The average molecular weight is 407 g/mol. The van der Waals surface area contributed by atoms with E-state index in [2.05, 4.69) is 10.6 Å². The van der Waals surface area contributed by atoms with E-state index in [1.807, 2.05) is 0 Å². The van der Waals surface area contributed by atoms with Crippen molar-refractivity contribution in [3.05, 3.63) is 70.5 Å². The molecular formula is C20H20ClFN2O4. The predicted octanol–water partition coefficient (Wildman–Crippen LogP) is 2.34. The van der Waals surface area contributed by atoms with Gasteiger partial charge < -0.3 is 15.7 Å². The van der Waals surface area contributed by atoms with E-state index in [4.69, 9.17) is 11.6 Å². The minimum absolute atomic E-state index is 0.00984. The lowest BCUT2D eigenvalue weighted by atomic mass is 10.0.